The first-order valence-electron chi connectivity index (χ1n) is 10.1. The van der Waals surface area contributed by atoms with Gasteiger partial charge in [-0.3, -0.25) is 9.78 Å². The van der Waals surface area contributed by atoms with Crippen LogP contribution in [0.25, 0.3) is 27.5 Å². The molecule has 0 radical (unpaired) electrons. The molecule has 0 amide bonds. The summed E-state index contributed by atoms with van der Waals surface area (Å²) >= 11 is 0. The molecule has 0 fully saturated rings. The summed E-state index contributed by atoms with van der Waals surface area (Å²) in [7, 11) is 1.35. The largest absolute Gasteiger partial charge is 0.465 e. The lowest BCUT2D eigenvalue weighted by atomic mass is 10.0. The maximum absolute atomic E-state index is 13.2. The summed E-state index contributed by atoms with van der Waals surface area (Å²) < 4.78 is 8.36. The van der Waals surface area contributed by atoms with Gasteiger partial charge in [-0.25, -0.2) is 9.78 Å². The number of aromatic nitrogens is 4. The number of rotatable bonds is 4. The van der Waals surface area contributed by atoms with Gasteiger partial charge in [-0.2, -0.15) is 0 Å². The van der Waals surface area contributed by atoms with Crippen LogP contribution in [0.1, 0.15) is 21.6 Å². The molecule has 158 valence electrons. The summed E-state index contributed by atoms with van der Waals surface area (Å²) in [5, 5.41) is 1.33. The number of carbonyl (C=O) groups is 1. The number of imidazole rings is 1. The molecular weight excluding hydrogens is 404 g/mol. The minimum atomic E-state index is -0.391. The molecule has 0 atom stereocenters. The molecule has 7 nitrogen and oxygen atoms in total. The molecule has 0 saturated carbocycles. The maximum Gasteiger partial charge on any atom is 0.337 e. The monoisotopic (exact) mass is 424 g/mol. The van der Waals surface area contributed by atoms with Gasteiger partial charge in [-0.1, -0.05) is 18.2 Å². The van der Waals surface area contributed by atoms with E-state index in [-0.39, 0.29) is 5.56 Å². The second-order valence-electron chi connectivity index (χ2n) is 7.67. The van der Waals surface area contributed by atoms with E-state index < -0.39 is 5.97 Å². The number of benzene rings is 1. The third kappa shape index (κ3) is 3.43. The molecule has 0 aliphatic heterocycles. The van der Waals surface area contributed by atoms with Crippen LogP contribution in [0.5, 0.6) is 0 Å². The fraction of sp³-hybridized carbons (Fsp3) is 0.120. The Morgan fingerprint density at radius 2 is 1.81 bits per heavy atom. The van der Waals surface area contributed by atoms with E-state index >= 15 is 0 Å². The van der Waals surface area contributed by atoms with Gasteiger partial charge in [-0.05, 0) is 47.7 Å². The number of pyridine rings is 3. The van der Waals surface area contributed by atoms with Crippen LogP contribution in [0, 0.1) is 6.92 Å². The van der Waals surface area contributed by atoms with Gasteiger partial charge in [0.1, 0.15) is 5.65 Å². The zero-order valence-corrected chi connectivity index (χ0v) is 17.6. The molecule has 0 N–H and O–H groups in total. The first kappa shape index (κ1) is 19.7. The Morgan fingerprint density at radius 3 is 2.59 bits per heavy atom. The predicted octanol–water partition coefficient (Wildman–Crippen LogP) is 3.85. The number of carbonyl (C=O) groups excluding carboxylic acids is 1. The lowest BCUT2D eigenvalue weighted by Crippen LogP contribution is -2.20. The second kappa shape index (κ2) is 7.77. The van der Waals surface area contributed by atoms with Crippen molar-refractivity contribution in [3.8, 4) is 11.1 Å². The third-order valence-electron chi connectivity index (χ3n) is 5.50. The van der Waals surface area contributed by atoms with Gasteiger partial charge in [-0.15, -0.1) is 0 Å². The molecule has 0 spiro atoms. The van der Waals surface area contributed by atoms with Crippen molar-refractivity contribution in [1.82, 2.24) is 18.9 Å². The summed E-state index contributed by atoms with van der Waals surface area (Å²) in [4.78, 5) is 33.8. The fourth-order valence-electron chi connectivity index (χ4n) is 3.87. The van der Waals surface area contributed by atoms with Crippen molar-refractivity contribution in [3.05, 3.63) is 101 Å². The number of esters is 1. The normalized spacial score (nSPS) is 11.2. The van der Waals surface area contributed by atoms with Crippen LogP contribution in [0.4, 0.5) is 0 Å². The molecule has 0 saturated heterocycles. The molecule has 1 aromatic carbocycles. The van der Waals surface area contributed by atoms with Crippen molar-refractivity contribution in [2.24, 2.45) is 0 Å². The zero-order valence-electron chi connectivity index (χ0n) is 17.6. The Labute approximate surface area is 183 Å². The molecule has 4 aromatic heterocycles. The lowest BCUT2D eigenvalue weighted by molar-refractivity contribution is 0.0601. The third-order valence-corrected chi connectivity index (χ3v) is 5.50. The van der Waals surface area contributed by atoms with Crippen molar-refractivity contribution in [2.45, 2.75) is 13.5 Å². The summed E-state index contributed by atoms with van der Waals surface area (Å²) in [5.41, 5.74) is 4.82. The number of hydrogen-bond donors (Lipinski definition) is 0. The summed E-state index contributed by atoms with van der Waals surface area (Å²) in [6, 6.07) is 12.9. The van der Waals surface area contributed by atoms with Gasteiger partial charge in [0.05, 0.1) is 30.3 Å². The van der Waals surface area contributed by atoms with Crippen LogP contribution in [0.2, 0.25) is 0 Å². The zero-order chi connectivity index (χ0) is 22.2. The summed E-state index contributed by atoms with van der Waals surface area (Å²) in [6.07, 6.45) is 9.05. The van der Waals surface area contributed by atoms with E-state index in [0.29, 0.717) is 17.5 Å². The number of hydrogen-bond acceptors (Lipinski definition) is 5. The van der Waals surface area contributed by atoms with Crippen molar-refractivity contribution < 1.29 is 9.53 Å². The maximum atomic E-state index is 13.2. The van der Waals surface area contributed by atoms with Gasteiger partial charge >= 0.3 is 5.97 Å². The van der Waals surface area contributed by atoms with Gasteiger partial charge < -0.3 is 13.7 Å². The number of ether oxygens (including phenoxy) is 1. The van der Waals surface area contributed by atoms with Crippen LogP contribution in [0.3, 0.4) is 0 Å². The van der Waals surface area contributed by atoms with Crippen LogP contribution in [-0.2, 0) is 11.3 Å². The van der Waals surface area contributed by atoms with Crippen molar-refractivity contribution in [3.63, 3.8) is 0 Å². The molecule has 32 heavy (non-hydrogen) atoms. The Balaban J connectivity index is 1.53. The molecule has 5 rings (SSSR count). The summed E-state index contributed by atoms with van der Waals surface area (Å²) in [5.74, 6) is -0.391. The molecule has 0 bridgehead atoms. The van der Waals surface area contributed by atoms with Gasteiger partial charge in [0.25, 0.3) is 5.56 Å². The minimum Gasteiger partial charge on any atom is -0.465 e. The lowest BCUT2D eigenvalue weighted by Gasteiger charge is -2.09. The van der Waals surface area contributed by atoms with Gasteiger partial charge in [0.2, 0.25) is 0 Å². The van der Waals surface area contributed by atoms with E-state index in [9.17, 15) is 9.59 Å². The average molecular weight is 424 g/mol. The van der Waals surface area contributed by atoms with E-state index in [0.717, 1.165) is 33.4 Å². The second-order valence-corrected chi connectivity index (χ2v) is 7.67. The van der Waals surface area contributed by atoms with Crippen molar-refractivity contribution in [1.29, 1.82) is 0 Å². The first-order chi connectivity index (χ1) is 15.5. The predicted molar refractivity (Wildman–Crippen MR) is 122 cm³/mol. The highest BCUT2D eigenvalue weighted by Crippen LogP contribution is 2.26. The van der Waals surface area contributed by atoms with Gasteiger partial charge in [0.15, 0.2) is 0 Å². The number of aryl methyl sites for hydroxylation is 1. The van der Waals surface area contributed by atoms with Crippen LogP contribution >= 0.6 is 0 Å². The van der Waals surface area contributed by atoms with E-state index in [1.807, 2.05) is 54.0 Å². The van der Waals surface area contributed by atoms with Gasteiger partial charge in [0, 0.05) is 36.5 Å². The number of fused-ring (bicyclic) bond motifs is 2. The standard InChI is InChI=1S/C25H20N4O3/c1-16-3-8-23-27-19(15-29(23)13-16)14-28-10-9-20-21(11-26-12-22(20)24(28)30)17-4-6-18(7-5-17)25(31)32-2/h3-13,15H,14H2,1-2H3. The summed E-state index contributed by atoms with van der Waals surface area (Å²) in [6.45, 7) is 2.40. The fourth-order valence-corrected chi connectivity index (χ4v) is 3.87. The number of nitrogens with zero attached hydrogens (tertiary/aromatic N) is 4. The molecule has 0 aliphatic carbocycles. The highest BCUT2D eigenvalue weighted by Gasteiger charge is 2.12. The smallest absolute Gasteiger partial charge is 0.337 e. The minimum absolute atomic E-state index is 0.128. The molecule has 0 aliphatic rings. The average Bonchev–Trinajstić information content (AvgIpc) is 3.21. The number of methoxy groups -OCH3 is 1. The quantitative estimate of drug-likeness (QED) is 0.410. The van der Waals surface area contributed by atoms with E-state index in [1.165, 1.54) is 7.11 Å². The molecular formula is C25H20N4O3. The van der Waals surface area contributed by atoms with Crippen molar-refractivity contribution >= 4 is 22.4 Å². The molecule has 5 aromatic rings. The van der Waals surface area contributed by atoms with E-state index in [4.69, 9.17) is 4.74 Å². The van der Waals surface area contributed by atoms with E-state index in [2.05, 4.69) is 9.97 Å². The molecule has 7 heteroatoms. The first-order valence-corrected chi connectivity index (χ1v) is 10.1. The topological polar surface area (TPSA) is 78.5 Å². The highest BCUT2D eigenvalue weighted by atomic mass is 16.5. The molecule has 4 heterocycles. The van der Waals surface area contributed by atoms with Crippen LogP contribution < -0.4 is 5.56 Å². The molecule has 0 unspecified atom stereocenters. The van der Waals surface area contributed by atoms with E-state index in [1.54, 1.807) is 35.3 Å². The van der Waals surface area contributed by atoms with Crippen LogP contribution in [-0.4, -0.2) is 32.0 Å². The Morgan fingerprint density at radius 1 is 1.00 bits per heavy atom. The van der Waals surface area contributed by atoms with Crippen molar-refractivity contribution in [2.75, 3.05) is 7.11 Å². The SMILES string of the molecule is COC(=O)c1ccc(-c2cncc3c(=O)n(Cc4cn5cc(C)ccc5n4)ccc23)cc1. The Kier molecular flexibility index (Phi) is 4.78. The highest BCUT2D eigenvalue weighted by molar-refractivity contribution is 5.96. The Hall–Kier alpha value is -4.26. The van der Waals surface area contributed by atoms with Crippen LogP contribution in [0.15, 0.2) is 78.2 Å². The Bertz CT molecular complexity index is 1530.